The lowest BCUT2D eigenvalue weighted by Crippen LogP contribution is -2.44. The van der Waals surface area contributed by atoms with Crippen LogP contribution in [0.15, 0.2) is 35.1 Å². The largest absolute Gasteiger partial charge is 0.355 e. The van der Waals surface area contributed by atoms with Gasteiger partial charge in [-0.15, -0.1) is 0 Å². The molecule has 1 atom stereocenters. The standard InChI is InChI=1S/C21H24ClN5O2/c1-2-17-18-19(24-13-25-21(18)29-26-17)27-11-3-4-15(12-27)20(28)23-10-9-14-5-7-16(22)8-6-14/h5-8,13,15H,2-4,9-12H2,1H3,(H,23,28)/t15-/m1/s1. The molecule has 3 heterocycles. The Labute approximate surface area is 174 Å². The first-order valence-electron chi connectivity index (χ1n) is 10.0. The molecule has 29 heavy (non-hydrogen) atoms. The lowest BCUT2D eigenvalue weighted by Gasteiger charge is -2.33. The highest BCUT2D eigenvalue weighted by molar-refractivity contribution is 6.30. The van der Waals surface area contributed by atoms with E-state index in [9.17, 15) is 4.79 Å². The molecule has 0 spiro atoms. The van der Waals surface area contributed by atoms with Crippen LogP contribution in [-0.2, 0) is 17.6 Å². The summed E-state index contributed by atoms with van der Waals surface area (Å²) in [6.07, 6.45) is 4.84. The highest BCUT2D eigenvalue weighted by Crippen LogP contribution is 2.30. The maximum Gasteiger partial charge on any atom is 0.263 e. The Balaban J connectivity index is 1.40. The van der Waals surface area contributed by atoms with Crippen LogP contribution < -0.4 is 10.2 Å². The SMILES string of the molecule is CCc1noc2ncnc(N3CCC[C@@H](C(=O)NCCc4ccc(Cl)cc4)C3)c12. The molecule has 1 saturated heterocycles. The van der Waals surface area contributed by atoms with Crippen molar-refractivity contribution in [2.24, 2.45) is 5.92 Å². The van der Waals surface area contributed by atoms with Crippen molar-refractivity contribution < 1.29 is 9.32 Å². The molecule has 0 bridgehead atoms. The van der Waals surface area contributed by atoms with Gasteiger partial charge in [0.1, 0.15) is 17.5 Å². The highest BCUT2D eigenvalue weighted by Gasteiger charge is 2.28. The van der Waals surface area contributed by atoms with E-state index in [-0.39, 0.29) is 11.8 Å². The number of benzene rings is 1. The average Bonchev–Trinajstić information content (AvgIpc) is 3.18. The van der Waals surface area contributed by atoms with E-state index in [1.807, 2.05) is 31.2 Å². The van der Waals surface area contributed by atoms with Crippen LogP contribution >= 0.6 is 11.6 Å². The Morgan fingerprint density at radius 1 is 1.31 bits per heavy atom. The topological polar surface area (TPSA) is 84.2 Å². The average molecular weight is 414 g/mol. The molecule has 1 amide bonds. The number of halogens is 1. The number of aromatic nitrogens is 3. The van der Waals surface area contributed by atoms with Crippen LogP contribution in [0.4, 0.5) is 5.82 Å². The Kier molecular flexibility index (Phi) is 5.94. The van der Waals surface area contributed by atoms with Crippen LogP contribution in [0.1, 0.15) is 31.0 Å². The molecule has 1 N–H and O–H groups in total. The number of amides is 1. The van der Waals surface area contributed by atoms with E-state index in [0.29, 0.717) is 18.8 Å². The lowest BCUT2D eigenvalue weighted by molar-refractivity contribution is -0.125. The van der Waals surface area contributed by atoms with Crippen LogP contribution in [0.5, 0.6) is 0 Å². The molecule has 4 rings (SSSR count). The van der Waals surface area contributed by atoms with Crippen LogP contribution in [0.3, 0.4) is 0 Å². The molecule has 1 aliphatic rings. The van der Waals surface area contributed by atoms with Crippen LogP contribution in [-0.4, -0.2) is 40.7 Å². The molecule has 3 aromatic rings. The summed E-state index contributed by atoms with van der Waals surface area (Å²) in [5, 5.41) is 8.77. The van der Waals surface area contributed by atoms with E-state index in [1.165, 1.54) is 6.33 Å². The first-order valence-corrected chi connectivity index (χ1v) is 10.4. The van der Waals surface area contributed by atoms with Gasteiger partial charge in [-0.1, -0.05) is 35.8 Å². The van der Waals surface area contributed by atoms with Gasteiger partial charge >= 0.3 is 0 Å². The summed E-state index contributed by atoms with van der Waals surface area (Å²) in [5.74, 6) is 0.839. The molecule has 0 unspecified atom stereocenters. The van der Waals surface area contributed by atoms with E-state index in [2.05, 4.69) is 25.3 Å². The van der Waals surface area contributed by atoms with Crippen molar-refractivity contribution in [2.45, 2.75) is 32.6 Å². The molecule has 152 valence electrons. The van der Waals surface area contributed by atoms with Gasteiger partial charge < -0.3 is 14.7 Å². The number of aryl methyl sites for hydroxylation is 1. The smallest absolute Gasteiger partial charge is 0.263 e. The monoisotopic (exact) mass is 413 g/mol. The first kappa shape index (κ1) is 19.6. The predicted molar refractivity (Wildman–Crippen MR) is 112 cm³/mol. The second kappa shape index (κ2) is 8.78. The number of nitrogens with zero attached hydrogens (tertiary/aromatic N) is 4. The molecule has 0 saturated carbocycles. The highest BCUT2D eigenvalue weighted by atomic mass is 35.5. The minimum absolute atomic E-state index is 0.0658. The van der Waals surface area contributed by atoms with Crippen molar-refractivity contribution in [1.29, 1.82) is 0 Å². The minimum Gasteiger partial charge on any atom is -0.355 e. The molecule has 1 aliphatic heterocycles. The number of anilines is 1. The van der Waals surface area contributed by atoms with Gasteiger partial charge in [0.15, 0.2) is 0 Å². The quantitative estimate of drug-likeness (QED) is 0.666. The second-order valence-corrected chi connectivity index (χ2v) is 7.75. The van der Waals surface area contributed by atoms with Crippen molar-refractivity contribution >= 4 is 34.4 Å². The summed E-state index contributed by atoms with van der Waals surface area (Å²) in [5.41, 5.74) is 2.51. The van der Waals surface area contributed by atoms with Gasteiger partial charge in [0, 0.05) is 24.7 Å². The first-order chi connectivity index (χ1) is 14.2. The maximum absolute atomic E-state index is 12.7. The number of hydrogen-bond donors (Lipinski definition) is 1. The zero-order chi connectivity index (χ0) is 20.2. The van der Waals surface area contributed by atoms with E-state index in [0.717, 1.165) is 59.7 Å². The minimum atomic E-state index is -0.0658. The van der Waals surface area contributed by atoms with Crippen molar-refractivity contribution in [2.75, 3.05) is 24.5 Å². The Hall–Kier alpha value is -2.67. The predicted octanol–water partition coefficient (Wildman–Crippen LogP) is 3.41. The van der Waals surface area contributed by atoms with Gasteiger partial charge in [-0.2, -0.15) is 4.98 Å². The van der Waals surface area contributed by atoms with Crippen molar-refractivity contribution in [3.8, 4) is 0 Å². The summed E-state index contributed by atoms with van der Waals surface area (Å²) in [6, 6.07) is 7.72. The van der Waals surface area contributed by atoms with Crippen LogP contribution in [0, 0.1) is 5.92 Å². The summed E-state index contributed by atoms with van der Waals surface area (Å²) in [7, 11) is 0. The molecule has 1 fully saturated rings. The Bertz CT molecular complexity index is 988. The van der Waals surface area contributed by atoms with Gasteiger partial charge in [-0.05, 0) is 43.4 Å². The molecular formula is C21H24ClN5O2. The maximum atomic E-state index is 12.7. The number of hydrogen-bond acceptors (Lipinski definition) is 6. The number of nitrogens with one attached hydrogen (secondary N) is 1. The Morgan fingerprint density at radius 2 is 2.14 bits per heavy atom. The number of fused-ring (bicyclic) bond motifs is 1. The van der Waals surface area contributed by atoms with E-state index in [1.54, 1.807) is 0 Å². The molecule has 0 radical (unpaired) electrons. The number of carbonyl (C=O) groups is 1. The van der Waals surface area contributed by atoms with Crippen LogP contribution in [0.25, 0.3) is 11.1 Å². The fourth-order valence-electron chi connectivity index (χ4n) is 3.82. The van der Waals surface area contributed by atoms with Gasteiger partial charge in [0.25, 0.3) is 5.71 Å². The summed E-state index contributed by atoms with van der Waals surface area (Å²) < 4.78 is 5.33. The summed E-state index contributed by atoms with van der Waals surface area (Å²) in [4.78, 5) is 23.6. The zero-order valence-electron chi connectivity index (χ0n) is 16.4. The normalized spacial score (nSPS) is 16.9. The summed E-state index contributed by atoms with van der Waals surface area (Å²) in [6.45, 7) is 4.13. The number of piperidine rings is 1. The number of rotatable bonds is 6. The second-order valence-electron chi connectivity index (χ2n) is 7.31. The fourth-order valence-corrected chi connectivity index (χ4v) is 3.94. The fraction of sp³-hybridized carbons (Fsp3) is 0.429. The van der Waals surface area contributed by atoms with E-state index in [4.69, 9.17) is 16.1 Å². The van der Waals surface area contributed by atoms with Crippen molar-refractivity contribution in [1.82, 2.24) is 20.4 Å². The van der Waals surface area contributed by atoms with Gasteiger partial charge in [-0.25, -0.2) is 4.98 Å². The number of carbonyl (C=O) groups excluding carboxylic acids is 1. The summed E-state index contributed by atoms with van der Waals surface area (Å²) >= 11 is 5.92. The van der Waals surface area contributed by atoms with Crippen LogP contribution in [0.2, 0.25) is 5.02 Å². The molecule has 1 aromatic carbocycles. The lowest BCUT2D eigenvalue weighted by atomic mass is 9.96. The van der Waals surface area contributed by atoms with E-state index >= 15 is 0 Å². The zero-order valence-corrected chi connectivity index (χ0v) is 17.2. The molecular weight excluding hydrogens is 390 g/mol. The molecule has 8 heteroatoms. The van der Waals surface area contributed by atoms with Gasteiger partial charge in [-0.3, -0.25) is 4.79 Å². The molecule has 0 aliphatic carbocycles. The van der Waals surface area contributed by atoms with Gasteiger partial charge in [0.05, 0.1) is 11.6 Å². The van der Waals surface area contributed by atoms with Crippen molar-refractivity contribution in [3.63, 3.8) is 0 Å². The third-order valence-electron chi connectivity index (χ3n) is 5.38. The van der Waals surface area contributed by atoms with Crippen molar-refractivity contribution in [3.05, 3.63) is 46.9 Å². The Morgan fingerprint density at radius 3 is 2.93 bits per heavy atom. The van der Waals surface area contributed by atoms with Gasteiger partial charge in [0.2, 0.25) is 5.91 Å². The third-order valence-corrected chi connectivity index (χ3v) is 5.63. The third kappa shape index (κ3) is 4.34. The van der Waals surface area contributed by atoms with E-state index < -0.39 is 0 Å². The molecule has 2 aromatic heterocycles. The molecule has 7 nitrogen and oxygen atoms in total.